The van der Waals surface area contributed by atoms with E-state index in [0.29, 0.717) is 34.4 Å². The molecule has 0 saturated carbocycles. The Morgan fingerprint density at radius 2 is 1.60 bits per heavy atom. The fraction of sp³-hybridized carbons (Fsp3) is 0.238. The van der Waals surface area contributed by atoms with Crippen molar-refractivity contribution in [2.45, 2.75) is 17.2 Å². The van der Waals surface area contributed by atoms with Crippen LogP contribution in [-0.2, 0) is 22.0 Å². The summed E-state index contributed by atoms with van der Waals surface area (Å²) in [6.07, 6.45) is 0.721. The van der Waals surface area contributed by atoms with Crippen molar-refractivity contribution < 1.29 is 17.9 Å². The van der Waals surface area contributed by atoms with Crippen molar-refractivity contribution in [2.75, 3.05) is 26.1 Å². The van der Waals surface area contributed by atoms with Crippen LogP contribution in [-0.4, -0.2) is 39.4 Å². The fourth-order valence-corrected chi connectivity index (χ4v) is 4.17. The van der Waals surface area contributed by atoms with Crippen LogP contribution in [0.1, 0.15) is 11.1 Å². The minimum Gasteiger partial charge on any atom is -0.493 e. The van der Waals surface area contributed by atoms with Crippen LogP contribution in [0, 0.1) is 0 Å². The third-order valence-electron chi connectivity index (χ3n) is 4.40. The van der Waals surface area contributed by atoms with Gasteiger partial charge in [-0.3, -0.25) is 0 Å². The number of ether oxygens (including phenoxy) is 2. The Labute approximate surface area is 180 Å². The molecule has 3 aromatic rings. The highest BCUT2D eigenvalue weighted by Gasteiger charge is 2.17. The van der Waals surface area contributed by atoms with E-state index in [9.17, 15) is 8.42 Å². The minimum atomic E-state index is -3.59. The molecule has 30 heavy (non-hydrogen) atoms. The Bertz CT molecular complexity index is 1090. The number of rotatable bonds is 9. The molecule has 2 aromatic carbocycles. The first-order valence-electron chi connectivity index (χ1n) is 9.17. The van der Waals surface area contributed by atoms with Gasteiger partial charge in [0.05, 0.1) is 20.0 Å². The van der Waals surface area contributed by atoms with Crippen LogP contribution in [0.3, 0.4) is 0 Å². The second-order valence-electron chi connectivity index (χ2n) is 6.51. The molecular formula is C21H22ClN3O4S. The number of sulfone groups is 1. The lowest BCUT2D eigenvalue weighted by molar-refractivity contribution is 0.354. The number of nitrogens with one attached hydrogen (secondary N) is 1. The Kier molecular flexibility index (Phi) is 7.12. The SMILES string of the molecule is COc1ccc(CCNc2ccc(S(=O)(=O)Cc3ccc(Cl)cc3)nn2)cc1OC. The zero-order valence-corrected chi connectivity index (χ0v) is 18.2. The largest absolute Gasteiger partial charge is 0.493 e. The molecule has 0 fully saturated rings. The van der Waals surface area contributed by atoms with E-state index in [1.54, 1.807) is 44.6 Å². The molecule has 0 amide bonds. The predicted molar refractivity (Wildman–Crippen MR) is 116 cm³/mol. The molecule has 1 aromatic heterocycles. The molecule has 9 heteroatoms. The van der Waals surface area contributed by atoms with Gasteiger partial charge in [0.2, 0.25) is 9.84 Å². The van der Waals surface area contributed by atoms with Gasteiger partial charge in [0.1, 0.15) is 5.82 Å². The maximum absolute atomic E-state index is 12.5. The zero-order valence-electron chi connectivity index (χ0n) is 16.6. The summed E-state index contributed by atoms with van der Waals surface area (Å²) in [5.74, 6) is 1.69. The van der Waals surface area contributed by atoms with E-state index in [2.05, 4.69) is 15.5 Å². The highest BCUT2D eigenvalue weighted by molar-refractivity contribution is 7.90. The van der Waals surface area contributed by atoms with Crippen molar-refractivity contribution in [3.8, 4) is 11.5 Å². The summed E-state index contributed by atoms with van der Waals surface area (Å²) >= 11 is 5.84. The fourth-order valence-electron chi connectivity index (χ4n) is 2.83. The van der Waals surface area contributed by atoms with Gasteiger partial charge in [-0.2, -0.15) is 0 Å². The van der Waals surface area contributed by atoms with Crippen molar-refractivity contribution in [3.05, 3.63) is 70.7 Å². The van der Waals surface area contributed by atoms with Crippen molar-refractivity contribution in [1.29, 1.82) is 0 Å². The first kappa shape index (κ1) is 21.9. The average molecular weight is 448 g/mol. The molecule has 0 unspecified atom stereocenters. The van der Waals surface area contributed by atoms with Crippen LogP contribution in [0.15, 0.2) is 59.6 Å². The lowest BCUT2D eigenvalue weighted by Crippen LogP contribution is -2.11. The van der Waals surface area contributed by atoms with Gasteiger partial charge in [-0.25, -0.2) is 8.42 Å². The van der Waals surface area contributed by atoms with Gasteiger partial charge in [0.25, 0.3) is 0 Å². The van der Waals surface area contributed by atoms with Gasteiger partial charge in [0.15, 0.2) is 16.5 Å². The number of aromatic nitrogens is 2. The number of benzene rings is 2. The molecule has 0 aliphatic carbocycles. The highest BCUT2D eigenvalue weighted by Crippen LogP contribution is 2.27. The summed E-state index contributed by atoms with van der Waals surface area (Å²) in [5.41, 5.74) is 1.70. The zero-order chi connectivity index (χ0) is 21.6. The number of nitrogens with zero attached hydrogens (tertiary/aromatic N) is 2. The molecule has 158 valence electrons. The molecule has 0 aliphatic heterocycles. The molecule has 0 saturated heterocycles. The lowest BCUT2D eigenvalue weighted by atomic mass is 10.1. The van der Waals surface area contributed by atoms with Crippen LogP contribution in [0.2, 0.25) is 5.02 Å². The van der Waals surface area contributed by atoms with Crippen molar-refractivity contribution >= 4 is 27.3 Å². The molecule has 0 atom stereocenters. The second kappa shape index (κ2) is 9.77. The van der Waals surface area contributed by atoms with Crippen molar-refractivity contribution in [2.24, 2.45) is 0 Å². The second-order valence-corrected chi connectivity index (χ2v) is 8.88. The monoisotopic (exact) mass is 447 g/mol. The van der Waals surface area contributed by atoms with Crippen LogP contribution in [0.25, 0.3) is 0 Å². The van der Waals surface area contributed by atoms with Gasteiger partial charge < -0.3 is 14.8 Å². The Hall–Kier alpha value is -2.84. The molecule has 0 aliphatic rings. The molecule has 7 nitrogen and oxygen atoms in total. The highest BCUT2D eigenvalue weighted by atomic mass is 35.5. The van der Waals surface area contributed by atoms with Crippen LogP contribution < -0.4 is 14.8 Å². The number of hydrogen-bond acceptors (Lipinski definition) is 7. The normalized spacial score (nSPS) is 11.2. The maximum Gasteiger partial charge on any atom is 0.201 e. The van der Waals surface area contributed by atoms with Crippen molar-refractivity contribution in [1.82, 2.24) is 10.2 Å². The summed E-state index contributed by atoms with van der Waals surface area (Å²) in [6, 6.07) is 15.5. The van der Waals surface area contributed by atoms with E-state index >= 15 is 0 Å². The summed E-state index contributed by atoms with van der Waals surface area (Å²) in [7, 11) is -0.401. The third kappa shape index (κ3) is 5.61. The molecule has 0 bridgehead atoms. The first-order chi connectivity index (χ1) is 14.4. The smallest absolute Gasteiger partial charge is 0.201 e. The van der Waals surface area contributed by atoms with E-state index in [4.69, 9.17) is 21.1 Å². The Morgan fingerprint density at radius 3 is 2.23 bits per heavy atom. The lowest BCUT2D eigenvalue weighted by Gasteiger charge is -2.10. The molecular weight excluding hydrogens is 426 g/mol. The quantitative estimate of drug-likeness (QED) is 0.533. The summed E-state index contributed by atoms with van der Waals surface area (Å²) in [4.78, 5) is 0. The van der Waals surface area contributed by atoms with Gasteiger partial charge in [-0.05, 0) is 53.9 Å². The van der Waals surface area contributed by atoms with Gasteiger partial charge in [-0.15, -0.1) is 10.2 Å². The number of halogens is 1. The number of anilines is 1. The van der Waals surface area contributed by atoms with Crippen LogP contribution in [0.4, 0.5) is 5.82 Å². The number of methoxy groups -OCH3 is 2. The molecule has 1 N–H and O–H groups in total. The minimum absolute atomic E-state index is 0.0668. The summed E-state index contributed by atoms with van der Waals surface area (Å²) in [6.45, 7) is 0.598. The van der Waals surface area contributed by atoms with Gasteiger partial charge >= 0.3 is 0 Å². The molecule has 1 heterocycles. The van der Waals surface area contributed by atoms with Crippen LogP contribution >= 0.6 is 11.6 Å². The Morgan fingerprint density at radius 1 is 0.900 bits per heavy atom. The van der Waals surface area contributed by atoms with E-state index in [1.807, 2.05) is 18.2 Å². The topological polar surface area (TPSA) is 90.4 Å². The summed E-state index contributed by atoms with van der Waals surface area (Å²) in [5, 5.41) is 11.5. The third-order valence-corrected chi connectivity index (χ3v) is 6.22. The van der Waals surface area contributed by atoms with E-state index in [1.165, 1.54) is 6.07 Å². The van der Waals surface area contributed by atoms with E-state index in [0.717, 1.165) is 12.0 Å². The molecule has 0 spiro atoms. The predicted octanol–water partition coefficient (Wildman–Crippen LogP) is 3.78. The molecule has 3 rings (SSSR count). The van der Waals surface area contributed by atoms with E-state index < -0.39 is 9.84 Å². The van der Waals surface area contributed by atoms with Crippen LogP contribution in [0.5, 0.6) is 11.5 Å². The average Bonchev–Trinajstić information content (AvgIpc) is 2.75. The standard InChI is InChI=1S/C21H22ClN3O4S/c1-28-18-8-5-15(13-19(18)29-2)11-12-23-20-9-10-21(25-24-20)30(26,27)14-16-3-6-17(22)7-4-16/h3-10,13H,11-12,14H2,1-2H3,(H,23,24). The van der Waals surface area contributed by atoms with Gasteiger partial charge in [0, 0.05) is 11.6 Å². The van der Waals surface area contributed by atoms with Crippen molar-refractivity contribution in [3.63, 3.8) is 0 Å². The summed E-state index contributed by atoms with van der Waals surface area (Å²) < 4.78 is 35.6. The number of hydrogen-bond donors (Lipinski definition) is 1. The maximum atomic E-state index is 12.5. The Balaban J connectivity index is 1.58. The molecule has 0 radical (unpaired) electrons. The first-order valence-corrected chi connectivity index (χ1v) is 11.2. The van der Waals surface area contributed by atoms with E-state index in [-0.39, 0.29) is 10.8 Å². The van der Waals surface area contributed by atoms with Gasteiger partial charge in [-0.1, -0.05) is 29.8 Å².